The van der Waals surface area contributed by atoms with Gasteiger partial charge in [0.05, 0.1) is 15.3 Å². The first-order chi connectivity index (χ1) is 16.7. The van der Waals surface area contributed by atoms with Gasteiger partial charge in [-0.1, -0.05) is 17.7 Å². The van der Waals surface area contributed by atoms with Crippen LogP contribution in [0.3, 0.4) is 0 Å². The maximum Gasteiger partial charge on any atom is 0.261 e. The maximum atomic E-state index is 13.0. The minimum atomic E-state index is -0.314. The van der Waals surface area contributed by atoms with Crippen LogP contribution in [0.2, 0.25) is 4.34 Å². The smallest absolute Gasteiger partial charge is 0.261 e. The normalized spacial score (nSPS) is 12.1. The number of benzene rings is 1. The van der Waals surface area contributed by atoms with Crippen LogP contribution in [0.1, 0.15) is 20.0 Å². The molecule has 2 aromatic heterocycles. The molecule has 1 aromatic carbocycles. The van der Waals surface area contributed by atoms with Gasteiger partial charge in [-0.25, -0.2) is 0 Å². The van der Waals surface area contributed by atoms with Crippen LogP contribution in [0.15, 0.2) is 65.6 Å². The molecule has 186 valence electrons. The highest BCUT2D eigenvalue weighted by molar-refractivity contribution is 7.18. The van der Waals surface area contributed by atoms with Gasteiger partial charge in [-0.3, -0.25) is 19.0 Å². The molecule has 0 spiro atoms. The first kappa shape index (κ1) is 26.6. The number of thiophene rings is 1. The van der Waals surface area contributed by atoms with E-state index in [1.54, 1.807) is 54.7 Å². The fraction of sp³-hybridized carbons (Fsp3) is 0.320. The molecule has 3 rings (SSSR count). The maximum absolute atomic E-state index is 13.0. The summed E-state index contributed by atoms with van der Waals surface area (Å²) < 4.78 is 2.06. The van der Waals surface area contributed by atoms with Crippen molar-refractivity contribution in [3.05, 3.63) is 85.9 Å². The topological polar surface area (TPSA) is 86.7 Å². The van der Waals surface area contributed by atoms with Crippen molar-refractivity contribution in [1.82, 2.24) is 25.0 Å². The zero-order chi connectivity index (χ0) is 25.4. The lowest BCUT2D eigenvalue weighted by Crippen LogP contribution is -2.50. The third-order valence-corrected chi connectivity index (χ3v) is 6.56. The van der Waals surface area contributed by atoms with Gasteiger partial charge in [0.2, 0.25) is 0 Å². The van der Waals surface area contributed by atoms with E-state index in [0.717, 1.165) is 13.1 Å². The average Bonchev–Trinajstić information content (AvgIpc) is 3.28. The van der Waals surface area contributed by atoms with E-state index in [2.05, 4.69) is 20.4 Å². The number of carbonyl (C=O) groups excluding carboxylic acids is 2. The third kappa shape index (κ3) is 8.03. The summed E-state index contributed by atoms with van der Waals surface area (Å²) in [6.45, 7) is 2.51. The molecule has 8 nitrogen and oxygen atoms in total. The fourth-order valence-corrected chi connectivity index (χ4v) is 4.38. The Hall–Kier alpha value is -2.98. The first-order valence-corrected chi connectivity index (χ1v) is 12.4. The summed E-state index contributed by atoms with van der Waals surface area (Å²) in [5.41, 5.74) is 0.998. The average molecular weight is 516 g/mol. The van der Waals surface area contributed by atoms with Crippen LogP contribution in [-0.2, 0) is 0 Å². The van der Waals surface area contributed by atoms with Gasteiger partial charge in [-0.05, 0) is 63.6 Å². The minimum Gasteiger partial charge on any atom is -0.349 e. The van der Waals surface area contributed by atoms with E-state index in [1.807, 2.05) is 21.1 Å². The highest BCUT2D eigenvalue weighted by Gasteiger charge is 2.18. The Balaban J connectivity index is 1.67. The van der Waals surface area contributed by atoms with Crippen LogP contribution >= 0.6 is 22.9 Å². The second kappa shape index (κ2) is 12.6. The van der Waals surface area contributed by atoms with Gasteiger partial charge in [0, 0.05) is 49.7 Å². The molecule has 3 aromatic rings. The van der Waals surface area contributed by atoms with Crippen molar-refractivity contribution in [2.75, 3.05) is 47.3 Å². The number of aromatic nitrogens is 1. The molecule has 0 radical (unpaired) electrons. The number of amides is 2. The summed E-state index contributed by atoms with van der Waals surface area (Å²) >= 11 is 7.15. The van der Waals surface area contributed by atoms with Crippen molar-refractivity contribution in [2.24, 2.45) is 0 Å². The van der Waals surface area contributed by atoms with Crippen molar-refractivity contribution in [3.8, 4) is 5.69 Å². The Morgan fingerprint density at radius 1 is 1.00 bits per heavy atom. The van der Waals surface area contributed by atoms with Gasteiger partial charge in [0.15, 0.2) is 0 Å². The minimum absolute atomic E-state index is 0.145. The van der Waals surface area contributed by atoms with Gasteiger partial charge >= 0.3 is 0 Å². The summed E-state index contributed by atoms with van der Waals surface area (Å²) in [6.07, 6.45) is 1.68. The van der Waals surface area contributed by atoms with Gasteiger partial charge in [0.1, 0.15) is 0 Å². The number of pyridine rings is 1. The van der Waals surface area contributed by atoms with Crippen LogP contribution in [0.4, 0.5) is 0 Å². The molecule has 0 bridgehead atoms. The number of nitrogens with one attached hydrogen (secondary N) is 2. The summed E-state index contributed by atoms with van der Waals surface area (Å²) in [7, 11) is 6.00. The van der Waals surface area contributed by atoms with Crippen LogP contribution in [-0.4, -0.2) is 79.5 Å². The summed E-state index contributed by atoms with van der Waals surface area (Å²) in [5, 5.41) is 5.93. The van der Waals surface area contributed by atoms with Crippen molar-refractivity contribution >= 4 is 34.8 Å². The Bertz CT molecular complexity index is 1190. The van der Waals surface area contributed by atoms with Crippen LogP contribution in [0, 0.1) is 0 Å². The van der Waals surface area contributed by atoms with Gasteiger partial charge in [0.25, 0.3) is 17.4 Å². The molecule has 1 unspecified atom stereocenters. The second-order valence-electron chi connectivity index (χ2n) is 8.51. The highest BCUT2D eigenvalue weighted by Crippen LogP contribution is 2.21. The number of hydrogen-bond donors (Lipinski definition) is 2. The molecule has 0 aliphatic carbocycles. The van der Waals surface area contributed by atoms with Crippen molar-refractivity contribution in [1.29, 1.82) is 0 Å². The molecule has 10 heteroatoms. The molecule has 0 saturated carbocycles. The van der Waals surface area contributed by atoms with Crippen molar-refractivity contribution < 1.29 is 9.59 Å². The summed E-state index contributed by atoms with van der Waals surface area (Å²) in [5.74, 6) is -0.480. The lowest BCUT2D eigenvalue weighted by Gasteiger charge is -2.26. The van der Waals surface area contributed by atoms with Gasteiger partial charge in [-0.15, -0.1) is 11.3 Å². The Kier molecular flexibility index (Phi) is 9.62. The number of nitrogens with zero attached hydrogens (tertiary/aromatic N) is 3. The van der Waals surface area contributed by atoms with Crippen molar-refractivity contribution in [2.45, 2.75) is 6.04 Å². The standard InChI is InChI=1S/C25H30ClN5O3S/c1-29(2)14-15-30(3)17-19(16-27-25(34)21-11-12-22(26)35-21)28-24(33)18-7-9-20(10-8-18)31-13-5-4-6-23(31)32/h4-13,19H,14-17H2,1-3H3,(H,27,34)(H,28,33). The highest BCUT2D eigenvalue weighted by atomic mass is 35.5. The predicted octanol–water partition coefficient (Wildman–Crippen LogP) is 2.57. The monoisotopic (exact) mass is 515 g/mol. The van der Waals surface area contributed by atoms with Crippen molar-refractivity contribution in [3.63, 3.8) is 0 Å². The van der Waals surface area contributed by atoms with Gasteiger partial charge in [-0.2, -0.15) is 0 Å². The van der Waals surface area contributed by atoms with Gasteiger partial charge < -0.3 is 20.4 Å². The Morgan fingerprint density at radius 2 is 1.74 bits per heavy atom. The molecule has 2 N–H and O–H groups in total. The number of carbonyl (C=O) groups is 2. The van der Waals surface area contributed by atoms with E-state index < -0.39 is 0 Å². The quantitative estimate of drug-likeness (QED) is 0.410. The molecule has 2 heterocycles. The third-order valence-electron chi connectivity index (χ3n) is 5.33. The van der Waals surface area contributed by atoms with E-state index in [0.29, 0.717) is 27.0 Å². The molecular weight excluding hydrogens is 486 g/mol. The molecule has 0 aliphatic rings. The molecule has 0 saturated heterocycles. The number of rotatable bonds is 11. The molecule has 2 amide bonds. The van der Waals surface area contributed by atoms with Crippen LogP contribution in [0.25, 0.3) is 5.69 Å². The Labute approximate surface area is 214 Å². The fourth-order valence-electron chi connectivity index (χ4n) is 3.42. The van der Waals surface area contributed by atoms with E-state index >= 15 is 0 Å². The largest absolute Gasteiger partial charge is 0.349 e. The number of hydrogen-bond acceptors (Lipinski definition) is 6. The molecule has 35 heavy (non-hydrogen) atoms. The summed E-state index contributed by atoms with van der Waals surface area (Å²) in [4.78, 5) is 42.3. The molecule has 0 fully saturated rings. The van der Waals surface area contributed by atoms with Crippen LogP contribution < -0.4 is 16.2 Å². The SMILES string of the molecule is CN(C)CCN(C)CC(CNC(=O)c1ccc(Cl)s1)NC(=O)c1ccc(-n2ccccc2=O)cc1. The predicted molar refractivity (Wildman–Crippen MR) is 141 cm³/mol. The lowest BCUT2D eigenvalue weighted by atomic mass is 10.1. The van der Waals surface area contributed by atoms with E-state index in [-0.39, 0.29) is 30.0 Å². The first-order valence-electron chi connectivity index (χ1n) is 11.2. The zero-order valence-corrected chi connectivity index (χ0v) is 21.6. The number of likely N-dealkylation sites (N-methyl/N-ethyl adjacent to an activating group) is 2. The van der Waals surface area contributed by atoms with E-state index in [4.69, 9.17) is 11.6 Å². The van der Waals surface area contributed by atoms with E-state index in [1.165, 1.54) is 22.0 Å². The summed E-state index contributed by atoms with van der Waals surface area (Å²) in [6, 6.07) is 14.8. The second-order valence-corrected chi connectivity index (χ2v) is 10.2. The molecule has 0 aliphatic heterocycles. The van der Waals surface area contributed by atoms with E-state index in [9.17, 15) is 14.4 Å². The Morgan fingerprint density at radius 3 is 2.37 bits per heavy atom. The molecule has 1 atom stereocenters. The molecular formula is C25H30ClN5O3S. The number of halogens is 1. The van der Waals surface area contributed by atoms with Crippen LogP contribution in [0.5, 0.6) is 0 Å². The zero-order valence-electron chi connectivity index (χ0n) is 20.0. The lowest BCUT2D eigenvalue weighted by molar-refractivity contribution is 0.0899.